The molecule has 4 rings (SSSR count). The first-order valence-corrected chi connectivity index (χ1v) is 8.60. The number of carbonyl (C=O) groups excluding carboxylic acids is 1. The third kappa shape index (κ3) is 4.10. The highest BCUT2D eigenvalue weighted by Crippen LogP contribution is 2.21. The molecule has 27 heavy (non-hydrogen) atoms. The predicted molar refractivity (Wildman–Crippen MR) is 104 cm³/mol. The summed E-state index contributed by atoms with van der Waals surface area (Å²) < 4.78 is 5.83. The summed E-state index contributed by atoms with van der Waals surface area (Å²) in [6.45, 7) is 0.386. The van der Waals surface area contributed by atoms with Crippen molar-refractivity contribution in [2.24, 2.45) is 0 Å². The van der Waals surface area contributed by atoms with E-state index in [-0.39, 0.29) is 5.91 Å². The summed E-state index contributed by atoms with van der Waals surface area (Å²) in [4.78, 5) is 21.0. The topological polar surface area (TPSA) is 64.1 Å². The Hall–Kier alpha value is -3.73. The Labute approximate surface area is 156 Å². The van der Waals surface area contributed by atoms with Gasteiger partial charge in [0.05, 0.1) is 11.0 Å². The molecule has 0 spiro atoms. The number of hydrogen-bond donors (Lipinski definition) is 1. The lowest BCUT2D eigenvalue weighted by Gasteiger charge is -2.09. The van der Waals surface area contributed by atoms with Crippen molar-refractivity contribution >= 4 is 16.9 Å². The van der Waals surface area contributed by atoms with Crippen molar-refractivity contribution in [2.75, 3.05) is 0 Å². The van der Waals surface area contributed by atoms with E-state index in [1.54, 1.807) is 24.4 Å². The number of nitrogens with one attached hydrogen (secondary N) is 1. The minimum absolute atomic E-state index is 0.227. The number of pyridine rings is 2. The largest absolute Gasteiger partial charge is 0.457 e. The van der Waals surface area contributed by atoms with Gasteiger partial charge in [-0.05, 0) is 54.1 Å². The highest BCUT2D eigenvalue weighted by molar-refractivity contribution is 5.94. The maximum absolute atomic E-state index is 12.4. The van der Waals surface area contributed by atoms with Crippen molar-refractivity contribution in [3.8, 4) is 11.5 Å². The summed E-state index contributed by atoms with van der Waals surface area (Å²) in [6, 6.07) is 24.3. The zero-order valence-corrected chi connectivity index (χ0v) is 14.5. The van der Waals surface area contributed by atoms with Crippen molar-refractivity contribution < 1.29 is 9.53 Å². The second-order valence-corrected chi connectivity index (χ2v) is 5.98. The first kappa shape index (κ1) is 16.7. The molecule has 0 bridgehead atoms. The van der Waals surface area contributed by atoms with Gasteiger partial charge in [0, 0.05) is 12.7 Å². The Morgan fingerprint density at radius 1 is 0.852 bits per heavy atom. The number of rotatable bonds is 5. The fraction of sp³-hybridized carbons (Fsp3) is 0.0455. The zero-order chi connectivity index (χ0) is 18.5. The van der Waals surface area contributed by atoms with Crippen LogP contribution in [0, 0.1) is 0 Å². The zero-order valence-electron chi connectivity index (χ0n) is 14.5. The lowest BCUT2D eigenvalue weighted by atomic mass is 10.2. The maximum Gasteiger partial charge on any atom is 0.270 e. The molecule has 0 atom stereocenters. The van der Waals surface area contributed by atoms with Gasteiger partial charge in [-0.3, -0.25) is 9.78 Å². The van der Waals surface area contributed by atoms with E-state index in [0.717, 1.165) is 22.6 Å². The van der Waals surface area contributed by atoms with E-state index in [1.165, 1.54) is 0 Å². The van der Waals surface area contributed by atoms with Crippen LogP contribution in [0.1, 0.15) is 16.1 Å². The van der Waals surface area contributed by atoms with E-state index in [2.05, 4.69) is 15.3 Å². The molecule has 0 unspecified atom stereocenters. The molecular weight excluding hydrogens is 338 g/mol. The molecule has 0 fully saturated rings. The molecule has 5 heteroatoms. The lowest BCUT2D eigenvalue weighted by molar-refractivity contribution is 0.0946. The van der Waals surface area contributed by atoms with Crippen molar-refractivity contribution in [3.05, 3.63) is 96.3 Å². The van der Waals surface area contributed by atoms with Crippen molar-refractivity contribution in [3.63, 3.8) is 0 Å². The average molecular weight is 355 g/mol. The molecule has 4 aromatic rings. The van der Waals surface area contributed by atoms with Gasteiger partial charge in [0.25, 0.3) is 5.91 Å². The molecule has 0 radical (unpaired) electrons. The first-order valence-electron chi connectivity index (χ1n) is 8.60. The number of aromatic nitrogens is 2. The van der Waals surface area contributed by atoms with Crippen LogP contribution in [-0.2, 0) is 6.54 Å². The second kappa shape index (κ2) is 7.66. The number of ether oxygens (including phenoxy) is 1. The molecule has 2 aromatic carbocycles. The quantitative estimate of drug-likeness (QED) is 0.578. The summed E-state index contributed by atoms with van der Waals surface area (Å²) in [5.74, 6) is 1.27. The molecule has 0 saturated carbocycles. The SMILES string of the molecule is O=C(NCc1cccc(Oc2ccccc2)c1)c1ccc2ncccc2n1. The monoisotopic (exact) mass is 355 g/mol. The summed E-state index contributed by atoms with van der Waals surface area (Å²) in [5.41, 5.74) is 2.77. The Balaban J connectivity index is 1.43. The normalized spacial score (nSPS) is 10.5. The van der Waals surface area contributed by atoms with Crippen LogP contribution in [0.3, 0.4) is 0 Å². The van der Waals surface area contributed by atoms with E-state index < -0.39 is 0 Å². The van der Waals surface area contributed by atoms with Gasteiger partial charge in [-0.15, -0.1) is 0 Å². The number of fused-ring (bicyclic) bond motifs is 1. The number of amides is 1. The molecule has 0 aliphatic rings. The fourth-order valence-electron chi connectivity index (χ4n) is 2.70. The van der Waals surface area contributed by atoms with Gasteiger partial charge < -0.3 is 10.1 Å². The number of para-hydroxylation sites is 1. The van der Waals surface area contributed by atoms with Crippen LogP contribution in [0.4, 0.5) is 0 Å². The minimum atomic E-state index is -0.227. The van der Waals surface area contributed by atoms with Crippen LogP contribution < -0.4 is 10.1 Å². The van der Waals surface area contributed by atoms with Gasteiger partial charge in [-0.1, -0.05) is 30.3 Å². The standard InChI is InChI=1S/C22H17N3O2/c26-22(21-12-11-19-20(25-21)10-5-13-23-19)24-15-16-6-4-9-18(14-16)27-17-7-2-1-3-8-17/h1-14H,15H2,(H,24,26). The van der Waals surface area contributed by atoms with Gasteiger partial charge in [0.1, 0.15) is 17.2 Å². The summed E-state index contributed by atoms with van der Waals surface area (Å²) >= 11 is 0. The molecule has 1 N–H and O–H groups in total. The van der Waals surface area contributed by atoms with E-state index in [0.29, 0.717) is 17.8 Å². The van der Waals surface area contributed by atoms with Crippen LogP contribution in [-0.4, -0.2) is 15.9 Å². The Kier molecular flexibility index (Phi) is 4.74. The Morgan fingerprint density at radius 2 is 1.70 bits per heavy atom. The molecule has 2 aromatic heterocycles. The van der Waals surface area contributed by atoms with E-state index in [9.17, 15) is 4.79 Å². The van der Waals surface area contributed by atoms with E-state index in [1.807, 2.05) is 60.7 Å². The van der Waals surface area contributed by atoms with Crippen LogP contribution in [0.15, 0.2) is 85.1 Å². The Bertz CT molecular complexity index is 1080. The fourth-order valence-corrected chi connectivity index (χ4v) is 2.70. The van der Waals surface area contributed by atoms with Gasteiger partial charge in [0.15, 0.2) is 0 Å². The maximum atomic E-state index is 12.4. The minimum Gasteiger partial charge on any atom is -0.457 e. The average Bonchev–Trinajstić information content (AvgIpc) is 2.73. The van der Waals surface area contributed by atoms with Crippen LogP contribution in [0.5, 0.6) is 11.5 Å². The summed E-state index contributed by atoms with van der Waals surface area (Å²) in [5, 5.41) is 2.89. The highest BCUT2D eigenvalue weighted by atomic mass is 16.5. The molecule has 0 aliphatic carbocycles. The van der Waals surface area contributed by atoms with Crippen LogP contribution in [0.2, 0.25) is 0 Å². The number of carbonyl (C=O) groups is 1. The summed E-state index contributed by atoms with van der Waals surface area (Å²) in [6.07, 6.45) is 1.70. The number of nitrogens with zero attached hydrogens (tertiary/aromatic N) is 2. The molecule has 0 saturated heterocycles. The third-order valence-corrected chi connectivity index (χ3v) is 4.02. The molecule has 0 aliphatic heterocycles. The van der Waals surface area contributed by atoms with Gasteiger partial charge in [0.2, 0.25) is 0 Å². The molecule has 2 heterocycles. The van der Waals surface area contributed by atoms with Gasteiger partial charge >= 0.3 is 0 Å². The van der Waals surface area contributed by atoms with Crippen LogP contribution in [0.25, 0.3) is 11.0 Å². The van der Waals surface area contributed by atoms with E-state index >= 15 is 0 Å². The predicted octanol–water partition coefficient (Wildman–Crippen LogP) is 4.35. The van der Waals surface area contributed by atoms with Crippen molar-refractivity contribution in [2.45, 2.75) is 6.54 Å². The third-order valence-electron chi connectivity index (χ3n) is 4.02. The van der Waals surface area contributed by atoms with Gasteiger partial charge in [-0.2, -0.15) is 0 Å². The number of hydrogen-bond acceptors (Lipinski definition) is 4. The van der Waals surface area contributed by atoms with Crippen LogP contribution >= 0.6 is 0 Å². The van der Waals surface area contributed by atoms with Gasteiger partial charge in [-0.25, -0.2) is 4.98 Å². The smallest absolute Gasteiger partial charge is 0.270 e. The number of benzene rings is 2. The molecular formula is C22H17N3O2. The Morgan fingerprint density at radius 3 is 2.59 bits per heavy atom. The van der Waals surface area contributed by atoms with Crippen molar-refractivity contribution in [1.82, 2.24) is 15.3 Å². The highest BCUT2D eigenvalue weighted by Gasteiger charge is 2.08. The lowest BCUT2D eigenvalue weighted by Crippen LogP contribution is -2.23. The second-order valence-electron chi connectivity index (χ2n) is 5.98. The summed E-state index contributed by atoms with van der Waals surface area (Å²) in [7, 11) is 0. The first-order chi connectivity index (χ1) is 13.3. The van der Waals surface area contributed by atoms with E-state index in [4.69, 9.17) is 4.74 Å². The van der Waals surface area contributed by atoms with Crippen molar-refractivity contribution in [1.29, 1.82) is 0 Å². The molecule has 1 amide bonds. The molecule has 5 nitrogen and oxygen atoms in total. The molecule has 132 valence electrons.